The van der Waals surface area contributed by atoms with Crippen LogP contribution >= 0.6 is 11.8 Å². The van der Waals surface area contributed by atoms with Crippen LogP contribution in [0.1, 0.15) is 23.7 Å². The van der Waals surface area contributed by atoms with Gasteiger partial charge in [0.2, 0.25) is 0 Å². The van der Waals surface area contributed by atoms with E-state index >= 15 is 0 Å². The molecule has 1 aromatic rings. The van der Waals surface area contributed by atoms with Gasteiger partial charge in [0.25, 0.3) is 5.91 Å². The number of amides is 1. The van der Waals surface area contributed by atoms with Crippen LogP contribution in [0.25, 0.3) is 0 Å². The van der Waals surface area contributed by atoms with Crippen LogP contribution in [0, 0.1) is 0 Å². The van der Waals surface area contributed by atoms with E-state index in [0.717, 1.165) is 24.4 Å². The van der Waals surface area contributed by atoms with Crippen molar-refractivity contribution in [3.8, 4) is 0 Å². The van der Waals surface area contributed by atoms with E-state index in [9.17, 15) is 4.79 Å². The molecule has 0 atom stereocenters. The predicted molar refractivity (Wildman–Crippen MR) is 73.7 cm³/mol. The molecule has 0 saturated heterocycles. The van der Waals surface area contributed by atoms with E-state index in [1.807, 2.05) is 6.92 Å². The molecule has 0 saturated carbocycles. The van der Waals surface area contributed by atoms with Crippen LogP contribution in [-0.4, -0.2) is 36.0 Å². The van der Waals surface area contributed by atoms with Crippen LogP contribution in [0.2, 0.25) is 0 Å². The molecule has 4 nitrogen and oxygen atoms in total. The molecular formula is C12H19N3OS. The lowest BCUT2D eigenvalue weighted by atomic mass is 10.2. The van der Waals surface area contributed by atoms with Gasteiger partial charge < -0.3 is 10.6 Å². The largest absolute Gasteiger partial charge is 0.383 e. The number of nitrogens with one attached hydrogen (secondary N) is 2. The Morgan fingerprint density at radius 1 is 1.53 bits per heavy atom. The van der Waals surface area contributed by atoms with Crippen molar-refractivity contribution in [3.05, 3.63) is 24.0 Å². The number of carbonyl (C=O) groups is 1. The standard InChI is InChI=1S/C12H19N3OS/c1-3-14-11-9-13-7-5-10(11)12(16)15-6-4-8-17-2/h5,7,9,14H,3-4,6,8H2,1-2H3,(H,15,16). The van der Waals surface area contributed by atoms with Crippen LogP contribution in [-0.2, 0) is 0 Å². The number of nitrogens with zero attached hydrogens (tertiary/aromatic N) is 1. The molecule has 2 N–H and O–H groups in total. The fraction of sp³-hybridized carbons (Fsp3) is 0.500. The molecule has 0 aliphatic rings. The van der Waals surface area contributed by atoms with Crippen molar-refractivity contribution < 1.29 is 4.79 Å². The molecule has 1 heterocycles. The summed E-state index contributed by atoms with van der Waals surface area (Å²) in [6, 6.07) is 1.74. The summed E-state index contributed by atoms with van der Waals surface area (Å²) in [5.74, 6) is 1.03. The second kappa shape index (κ2) is 7.95. The maximum atomic E-state index is 11.9. The summed E-state index contributed by atoms with van der Waals surface area (Å²) in [6.45, 7) is 3.49. The molecule has 0 aliphatic heterocycles. The highest BCUT2D eigenvalue weighted by Crippen LogP contribution is 2.12. The first-order chi connectivity index (χ1) is 8.29. The Bertz CT molecular complexity index is 357. The number of rotatable bonds is 7. The maximum absolute atomic E-state index is 11.9. The van der Waals surface area contributed by atoms with E-state index in [0.29, 0.717) is 12.1 Å². The van der Waals surface area contributed by atoms with Crippen LogP contribution in [0.15, 0.2) is 18.5 Å². The van der Waals surface area contributed by atoms with Gasteiger partial charge in [-0.05, 0) is 31.4 Å². The highest BCUT2D eigenvalue weighted by Gasteiger charge is 2.09. The number of aromatic nitrogens is 1. The molecule has 0 spiro atoms. The fourth-order valence-corrected chi connectivity index (χ4v) is 1.87. The summed E-state index contributed by atoms with van der Waals surface area (Å²) in [7, 11) is 0. The Labute approximate surface area is 107 Å². The van der Waals surface area contributed by atoms with Crippen molar-refractivity contribution in [2.75, 3.05) is 30.4 Å². The van der Waals surface area contributed by atoms with Crippen LogP contribution in [0.3, 0.4) is 0 Å². The molecule has 0 aromatic carbocycles. The van der Waals surface area contributed by atoms with Crippen molar-refractivity contribution in [2.45, 2.75) is 13.3 Å². The summed E-state index contributed by atoms with van der Waals surface area (Å²) in [6.07, 6.45) is 6.38. The number of thioether (sulfide) groups is 1. The van der Waals surface area contributed by atoms with E-state index in [2.05, 4.69) is 21.9 Å². The van der Waals surface area contributed by atoms with E-state index in [-0.39, 0.29) is 5.91 Å². The van der Waals surface area contributed by atoms with E-state index in [1.54, 1.807) is 30.2 Å². The van der Waals surface area contributed by atoms with Crippen LogP contribution in [0.5, 0.6) is 0 Å². The average Bonchev–Trinajstić information content (AvgIpc) is 2.35. The van der Waals surface area contributed by atoms with Gasteiger partial charge in [0, 0.05) is 19.3 Å². The first-order valence-corrected chi connectivity index (χ1v) is 7.14. The smallest absolute Gasteiger partial charge is 0.253 e. The lowest BCUT2D eigenvalue weighted by Gasteiger charge is -2.10. The van der Waals surface area contributed by atoms with Crippen molar-refractivity contribution >= 4 is 23.4 Å². The van der Waals surface area contributed by atoms with Gasteiger partial charge in [0.15, 0.2) is 0 Å². The molecule has 0 bridgehead atoms. The molecule has 0 aliphatic carbocycles. The summed E-state index contributed by atoms with van der Waals surface area (Å²) in [5.41, 5.74) is 1.45. The third-order valence-electron chi connectivity index (χ3n) is 2.24. The highest BCUT2D eigenvalue weighted by molar-refractivity contribution is 7.98. The lowest BCUT2D eigenvalue weighted by Crippen LogP contribution is -2.25. The number of hydrogen-bond acceptors (Lipinski definition) is 4. The van der Waals surface area contributed by atoms with E-state index < -0.39 is 0 Å². The second-order valence-corrected chi connectivity index (χ2v) is 4.54. The Balaban J connectivity index is 2.55. The van der Waals surface area contributed by atoms with Crippen molar-refractivity contribution in [2.24, 2.45) is 0 Å². The lowest BCUT2D eigenvalue weighted by molar-refractivity contribution is 0.0954. The van der Waals surface area contributed by atoms with Gasteiger partial charge in [-0.1, -0.05) is 0 Å². The van der Waals surface area contributed by atoms with Crippen LogP contribution < -0.4 is 10.6 Å². The molecule has 17 heavy (non-hydrogen) atoms. The summed E-state index contributed by atoms with van der Waals surface area (Å²) in [4.78, 5) is 15.9. The minimum absolute atomic E-state index is 0.0375. The molecule has 0 unspecified atom stereocenters. The zero-order chi connectivity index (χ0) is 12.5. The Kier molecular flexibility index (Phi) is 6.47. The summed E-state index contributed by atoms with van der Waals surface area (Å²) in [5, 5.41) is 6.04. The highest BCUT2D eigenvalue weighted by atomic mass is 32.2. The zero-order valence-corrected chi connectivity index (χ0v) is 11.1. The molecule has 1 rings (SSSR count). The number of pyridine rings is 1. The van der Waals surface area contributed by atoms with Gasteiger partial charge in [0.05, 0.1) is 17.4 Å². The quantitative estimate of drug-likeness (QED) is 0.730. The Morgan fingerprint density at radius 3 is 3.06 bits per heavy atom. The minimum atomic E-state index is -0.0375. The van der Waals surface area contributed by atoms with E-state index in [4.69, 9.17) is 0 Å². The molecular weight excluding hydrogens is 234 g/mol. The molecule has 1 amide bonds. The zero-order valence-electron chi connectivity index (χ0n) is 10.3. The molecule has 1 aromatic heterocycles. The normalized spacial score (nSPS) is 10.0. The van der Waals surface area contributed by atoms with Gasteiger partial charge >= 0.3 is 0 Å². The third-order valence-corrected chi connectivity index (χ3v) is 2.94. The van der Waals surface area contributed by atoms with Gasteiger partial charge in [0.1, 0.15) is 0 Å². The van der Waals surface area contributed by atoms with Crippen molar-refractivity contribution in [1.29, 1.82) is 0 Å². The van der Waals surface area contributed by atoms with Gasteiger partial charge in [-0.3, -0.25) is 9.78 Å². The second-order valence-electron chi connectivity index (χ2n) is 3.55. The predicted octanol–water partition coefficient (Wildman–Crippen LogP) is 2.00. The number of hydrogen-bond donors (Lipinski definition) is 2. The molecule has 94 valence electrons. The molecule has 0 fully saturated rings. The maximum Gasteiger partial charge on any atom is 0.253 e. The average molecular weight is 253 g/mol. The minimum Gasteiger partial charge on any atom is -0.383 e. The summed E-state index contributed by atoms with van der Waals surface area (Å²) < 4.78 is 0. The summed E-state index contributed by atoms with van der Waals surface area (Å²) >= 11 is 1.79. The van der Waals surface area contributed by atoms with E-state index in [1.165, 1.54) is 0 Å². The van der Waals surface area contributed by atoms with Crippen LogP contribution in [0.4, 0.5) is 5.69 Å². The van der Waals surface area contributed by atoms with Gasteiger partial charge in [-0.25, -0.2) is 0 Å². The third kappa shape index (κ3) is 4.65. The number of carbonyl (C=O) groups excluding carboxylic acids is 1. The molecule has 0 radical (unpaired) electrons. The number of anilines is 1. The first-order valence-electron chi connectivity index (χ1n) is 5.74. The van der Waals surface area contributed by atoms with Crippen molar-refractivity contribution in [1.82, 2.24) is 10.3 Å². The Morgan fingerprint density at radius 2 is 2.35 bits per heavy atom. The van der Waals surface area contributed by atoms with Gasteiger partial charge in [-0.2, -0.15) is 11.8 Å². The molecule has 5 heteroatoms. The monoisotopic (exact) mass is 253 g/mol. The fourth-order valence-electron chi connectivity index (χ4n) is 1.44. The SMILES string of the molecule is CCNc1cnccc1C(=O)NCCCSC. The first kappa shape index (κ1) is 13.8. The topological polar surface area (TPSA) is 54.0 Å². The Hall–Kier alpha value is -1.23. The van der Waals surface area contributed by atoms with Crippen molar-refractivity contribution in [3.63, 3.8) is 0 Å². The van der Waals surface area contributed by atoms with Gasteiger partial charge in [-0.15, -0.1) is 0 Å².